The molecule has 2 heterocycles. The van der Waals surface area contributed by atoms with Gasteiger partial charge in [-0.1, -0.05) is 6.92 Å². The van der Waals surface area contributed by atoms with Crippen LogP contribution in [0.2, 0.25) is 0 Å². The Morgan fingerprint density at radius 1 is 1.53 bits per heavy atom. The predicted octanol–water partition coefficient (Wildman–Crippen LogP) is 1.88. The largest absolute Gasteiger partial charge is 0.404 e. The fourth-order valence-corrected chi connectivity index (χ4v) is 3.87. The highest BCUT2D eigenvalue weighted by molar-refractivity contribution is 8.00. The van der Waals surface area contributed by atoms with E-state index in [0.717, 1.165) is 12.2 Å². The van der Waals surface area contributed by atoms with Gasteiger partial charge in [0.15, 0.2) is 5.41 Å². The zero-order valence-electron chi connectivity index (χ0n) is 10.9. The molecule has 1 N–H and O–H groups in total. The minimum atomic E-state index is -4.47. The van der Waals surface area contributed by atoms with E-state index < -0.39 is 17.5 Å². The van der Waals surface area contributed by atoms with Crippen molar-refractivity contribution >= 4 is 17.7 Å². The molecular weight excluding hydrogens is 277 g/mol. The molecule has 2 rings (SSSR count). The summed E-state index contributed by atoms with van der Waals surface area (Å²) in [5, 5.41) is 2.95. The molecule has 0 aromatic carbocycles. The van der Waals surface area contributed by atoms with Gasteiger partial charge in [0.1, 0.15) is 0 Å². The second kappa shape index (κ2) is 5.52. The van der Waals surface area contributed by atoms with Crippen LogP contribution in [0.4, 0.5) is 13.2 Å². The Balaban J connectivity index is 2.16. The van der Waals surface area contributed by atoms with Crippen molar-refractivity contribution < 1.29 is 18.0 Å². The number of halogens is 3. The Labute approximate surface area is 115 Å². The van der Waals surface area contributed by atoms with E-state index in [1.165, 1.54) is 4.90 Å². The third kappa shape index (κ3) is 2.72. The van der Waals surface area contributed by atoms with Gasteiger partial charge in [-0.15, -0.1) is 0 Å². The number of rotatable bonds is 2. The first-order chi connectivity index (χ1) is 8.90. The van der Waals surface area contributed by atoms with Crippen LogP contribution in [0.25, 0.3) is 0 Å². The van der Waals surface area contributed by atoms with Crippen molar-refractivity contribution in [2.45, 2.75) is 31.2 Å². The number of carbonyl (C=O) groups excluding carboxylic acids is 1. The standard InChI is InChI=1S/C12H19F3N2OS/c1-2-9-7-17(5-6-19-9)10(18)11(12(13,14)15)3-4-16-8-11/h9,16H,2-8H2,1H3. The van der Waals surface area contributed by atoms with E-state index in [0.29, 0.717) is 13.1 Å². The van der Waals surface area contributed by atoms with Crippen LogP contribution in [0.15, 0.2) is 0 Å². The molecule has 2 saturated heterocycles. The lowest BCUT2D eigenvalue weighted by atomic mass is 9.84. The molecule has 2 fully saturated rings. The van der Waals surface area contributed by atoms with Crippen LogP contribution >= 0.6 is 11.8 Å². The molecule has 3 nitrogen and oxygen atoms in total. The number of hydrogen-bond donors (Lipinski definition) is 1. The predicted molar refractivity (Wildman–Crippen MR) is 69.1 cm³/mol. The Morgan fingerprint density at radius 3 is 2.79 bits per heavy atom. The molecule has 0 aromatic heterocycles. The van der Waals surface area contributed by atoms with Gasteiger partial charge in [-0.25, -0.2) is 0 Å². The normalized spacial score (nSPS) is 32.6. The van der Waals surface area contributed by atoms with Gasteiger partial charge in [0, 0.05) is 30.6 Å². The monoisotopic (exact) mass is 296 g/mol. The summed E-state index contributed by atoms with van der Waals surface area (Å²) in [5.74, 6) is -0.00485. The molecule has 0 spiro atoms. The van der Waals surface area contributed by atoms with Crippen LogP contribution in [0.1, 0.15) is 19.8 Å². The van der Waals surface area contributed by atoms with Crippen LogP contribution in [0.5, 0.6) is 0 Å². The van der Waals surface area contributed by atoms with E-state index in [1.807, 2.05) is 6.92 Å². The minimum absolute atomic E-state index is 0.143. The van der Waals surface area contributed by atoms with Gasteiger partial charge in [-0.3, -0.25) is 4.79 Å². The summed E-state index contributed by atoms with van der Waals surface area (Å²) in [4.78, 5) is 13.8. The fourth-order valence-electron chi connectivity index (χ4n) is 2.69. The third-order valence-electron chi connectivity index (χ3n) is 3.99. The molecule has 0 aliphatic carbocycles. The number of nitrogens with zero attached hydrogens (tertiary/aromatic N) is 1. The third-order valence-corrected chi connectivity index (χ3v) is 5.36. The average molecular weight is 296 g/mol. The van der Waals surface area contributed by atoms with Crippen LogP contribution in [0, 0.1) is 5.41 Å². The Kier molecular flexibility index (Phi) is 4.35. The maximum absolute atomic E-state index is 13.3. The number of amides is 1. The first-order valence-corrected chi connectivity index (χ1v) is 7.64. The maximum atomic E-state index is 13.3. The van der Waals surface area contributed by atoms with Crippen LogP contribution < -0.4 is 5.32 Å². The first-order valence-electron chi connectivity index (χ1n) is 6.59. The maximum Gasteiger partial charge on any atom is 0.404 e. The van der Waals surface area contributed by atoms with Gasteiger partial charge in [0.05, 0.1) is 0 Å². The van der Waals surface area contributed by atoms with E-state index in [1.54, 1.807) is 11.8 Å². The van der Waals surface area contributed by atoms with Gasteiger partial charge in [0.25, 0.3) is 0 Å². The van der Waals surface area contributed by atoms with Crippen molar-refractivity contribution in [3.63, 3.8) is 0 Å². The second-order valence-electron chi connectivity index (χ2n) is 5.16. The van der Waals surface area contributed by atoms with Crippen molar-refractivity contribution in [1.29, 1.82) is 0 Å². The number of nitrogens with one attached hydrogen (secondary N) is 1. The van der Waals surface area contributed by atoms with Crippen molar-refractivity contribution in [1.82, 2.24) is 10.2 Å². The molecule has 1 amide bonds. The summed E-state index contributed by atoms with van der Waals surface area (Å²) in [5.41, 5.74) is -2.20. The quantitative estimate of drug-likeness (QED) is 0.844. The molecule has 0 aromatic rings. The molecule has 2 aliphatic rings. The fraction of sp³-hybridized carbons (Fsp3) is 0.917. The van der Waals surface area contributed by atoms with Crippen molar-refractivity contribution in [2.75, 3.05) is 31.9 Å². The van der Waals surface area contributed by atoms with Crippen molar-refractivity contribution in [3.8, 4) is 0 Å². The topological polar surface area (TPSA) is 32.3 Å². The molecule has 19 heavy (non-hydrogen) atoms. The van der Waals surface area contributed by atoms with E-state index in [4.69, 9.17) is 0 Å². The van der Waals surface area contributed by atoms with Gasteiger partial charge >= 0.3 is 6.18 Å². The molecule has 110 valence electrons. The molecule has 0 radical (unpaired) electrons. The van der Waals surface area contributed by atoms with E-state index in [2.05, 4.69) is 5.32 Å². The number of thioether (sulfide) groups is 1. The second-order valence-corrected chi connectivity index (χ2v) is 6.57. The van der Waals surface area contributed by atoms with E-state index in [9.17, 15) is 18.0 Å². The Hall–Kier alpha value is -0.430. The number of carbonyl (C=O) groups is 1. The van der Waals surface area contributed by atoms with Gasteiger partial charge < -0.3 is 10.2 Å². The highest BCUT2D eigenvalue weighted by atomic mass is 32.2. The zero-order chi connectivity index (χ0) is 14.1. The molecular formula is C12H19F3N2OS. The summed E-state index contributed by atoms with van der Waals surface area (Å²) < 4.78 is 39.9. The van der Waals surface area contributed by atoms with E-state index in [-0.39, 0.29) is 24.8 Å². The van der Waals surface area contributed by atoms with Crippen molar-refractivity contribution in [3.05, 3.63) is 0 Å². The summed E-state index contributed by atoms with van der Waals surface area (Å²) in [6.45, 7) is 2.85. The first kappa shape index (κ1) is 15.0. The number of alkyl halides is 3. The summed E-state index contributed by atoms with van der Waals surface area (Å²) in [7, 11) is 0. The molecule has 2 unspecified atom stereocenters. The highest BCUT2D eigenvalue weighted by Crippen LogP contribution is 2.44. The van der Waals surface area contributed by atoms with E-state index >= 15 is 0 Å². The van der Waals surface area contributed by atoms with Crippen molar-refractivity contribution in [2.24, 2.45) is 5.41 Å². The minimum Gasteiger partial charge on any atom is -0.340 e. The molecule has 0 saturated carbocycles. The molecule has 2 atom stereocenters. The average Bonchev–Trinajstić information content (AvgIpc) is 2.88. The van der Waals surface area contributed by atoms with Gasteiger partial charge in [0.2, 0.25) is 5.91 Å². The smallest absolute Gasteiger partial charge is 0.340 e. The number of hydrogen-bond acceptors (Lipinski definition) is 3. The van der Waals surface area contributed by atoms with Gasteiger partial charge in [-0.2, -0.15) is 24.9 Å². The highest BCUT2D eigenvalue weighted by Gasteiger charge is 2.62. The molecule has 2 aliphatic heterocycles. The molecule has 7 heteroatoms. The summed E-state index contributed by atoms with van der Waals surface area (Å²) >= 11 is 1.74. The van der Waals surface area contributed by atoms with Crippen LogP contribution in [-0.2, 0) is 4.79 Å². The lowest BCUT2D eigenvalue weighted by Gasteiger charge is -2.39. The SMILES string of the molecule is CCC1CN(C(=O)C2(C(F)(F)F)CCNC2)CCS1. The lowest BCUT2D eigenvalue weighted by Crippen LogP contribution is -2.56. The summed E-state index contributed by atoms with van der Waals surface area (Å²) in [6, 6.07) is 0. The Bertz CT molecular complexity index is 342. The molecule has 0 bridgehead atoms. The lowest BCUT2D eigenvalue weighted by molar-refractivity contribution is -0.221. The summed E-state index contributed by atoms with van der Waals surface area (Å²) in [6.07, 6.45) is -3.73. The van der Waals surface area contributed by atoms with Crippen LogP contribution in [-0.4, -0.2) is 54.2 Å². The zero-order valence-corrected chi connectivity index (χ0v) is 11.7. The van der Waals surface area contributed by atoms with Gasteiger partial charge in [-0.05, 0) is 19.4 Å². The Morgan fingerprint density at radius 2 is 2.26 bits per heavy atom. The van der Waals surface area contributed by atoms with Crippen LogP contribution in [0.3, 0.4) is 0 Å².